The molecule has 4 nitrogen and oxygen atoms in total. The zero-order valence-corrected chi connectivity index (χ0v) is 11.5. The van der Waals surface area contributed by atoms with Gasteiger partial charge in [-0.1, -0.05) is 42.5 Å². The highest BCUT2D eigenvalue weighted by Crippen LogP contribution is 2.10. The molecule has 2 aromatic rings. The van der Waals surface area contributed by atoms with Crippen molar-refractivity contribution >= 4 is 11.7 Å². The number of rotatable bonds is 4. The van der Waals surface area contributed by atoms with Crippen LogP contribution in [0.3, 0.4) is 0 Å². The molecule has 2 aromatic carbocycles. The highest BCUT2D eigenvalue weighted by Gasteiger charge is 2.07. The summed E-state index contributed by atoms with van der Waals surface area (Å²) < 4.78 is 0. The van der Waals surface area contributed by atoms with E-state index >= 15 is 0 Å². The van der Waals surface area contributed by atoms with Gasteiger partial charge in [-0.25, -0.2) is 4.79 Å². The Morgan fingerprint density at radius 2 is 1.90 bits per heavy atom. The molecule has 104 valence electrons. The molecule has 1 atom stereocenters. The molecule has 0 aliphatic heterocycles. The molecule has 20 heavy (non-hydrogen) atoms. The quantitative estimate of drug-likeness (QED) is 0.799. The predicted molar refractivity (Wildman–Crippen MR) is 81.6 cm³/mol. The lowest BCUT2D eigenvalue weighted by molar-refractivity contribution is 0.251. The van der Waals surface area contributed by atoms with Gasteiger partial charge in [0.1, 0.15) is 0 Å². The number of hydrogen-bond donors (Lipinski definition) is 3. The highest BCUT2D eigenvalue weighted by atomic mass is 16.2. The third-order valence-corrected chi connectivity index (χ3v) is 2.99. The van der Waals surface area contributed by atoms with Gasteiger partial charge in [0.05, 0.1) is 0 Å². The minimum Gasteiger partial charge on any atom is -0.336 e. The maximum Gasteiger partial charge on any atom is 0.319 e. The molecular weight excluding hydrogens is 250 g/mol. The Bertz CT molecular complexity index is 569. The molecule has 4 heteroatoms. The summed E-state index contributed by atoms with van der Waals surface area (Å²) >= 11 is 0. The molecule has 0 radical (unpaired) electrons. The molecule has 0 heterocycles. The Balaban J connectivity index is 1.83. The van der Waals surface area contributed by atoms with Crippen LogP contribution in [0.2, 0.25) is 0 Å². The van der Waals surface area contributed by atoms with Crippen molar-refractivity contribution in [3.63, 3.8) is 0 Å². The largest absolute Gasteiger partial charge is 0.336 e. The van der Waals surface area contributed by atoms with E-state index in [2.05, 4.69) is 10.6 Å². The summed E-state index contributed by atoms with van der Waals surface area (Å²) in [5, 5.41) is 5.56. The van der Waals surface area contributed by atoms with Gasteiger partial charge >= 0.3 is 6.03 Å². The van der Waals surface area contributed by atoms with Crippen molar-refractivity contribution in [3.8, 4) is 0 Å². The first-order valence-corrected chi connectivity index (χ1v) is 6.57. The molecule has 1 unspecified atom stereocenters. The smallest absolute Gasteiger partial charge is 0.319 e. The molecule has 0 saturated carbocycles. The van der Waals surface area contributed by atoms with E-state index in [1.165, 1.54) is 0 Å². The summed E-state index contributed by atoms with van der Waals surface area (Å²) in [4.78, 5) is 11.8. The van der Waals surface area contributed by atoms with E-state index in [1.807, 2.05) is 61.5 Å². The molecule has 0 aromatic heterocycles. The number of carbonyl (C=O) groups excluding carboxylic acids is 1. The zero-order chi connectivity index (χ0) is 14.4. The van der Waals surface area contributed by atoms with Crippen LogP contribution in [-0.4, -0.2) is 12.6 Å². The average molecular weight is 269 g/mol. The first-order chi connectivity index (χ1) is 9.65. The zero-order valence-electron chi connectivity index (χ0n) is 11.5. The van der Waals surface area contributed by atoms with Crippen molar-refractivity contribution in [2.45, 2.75) is 13.0 Å². The summed E-state index contributed by atoms with van der Waals surface area (Å²) in [6.07, 6.45) is 0. The van der Waals surface area contributed by atoms with Crippen molar-refractivity contribution in [2.24, 2.45) is 5.73 Å². The minimum absolute atomic E-state index is 0.209. The number of hydrogen-bond acceptors (Lipinski definition) is 2. The second-order valence-corrected chi connectivity index (χ2v) is 4.72. The summed E-state index contributed by atoms with van der Waals surface area (Å²) in [5.74, 6) is 0. The molecular formula is C16H19N3O. The van der Waals surface area contributed by atoms with Gasteiger partial charge in [-0.15, -0.1) is 0 Å². The minimum atomic E-state index is -0.248. The second-order valence-electron chi connectivity index (χ2n) is 4.72. The normalized spacial score (nSPS) is 11.7. The van der Waals surface area contributed by atoms with Crippen LogP contribution >= 0.6 is 0 Å². The molecule has 4 N–H and O–H groups in total. The lowest BCUT2D eigenvalue weighted by Crippen LogP contribution is -2.34. The van der Waals surface area contributed by atoms with Gasteiger partial charge < -0.3 is 16.4 Å². The van der Waals surface area contributed by atoms with Crippen molar-refractivity contribution in [3.05, 3.63) is 65.7 Å². The van der Waals surface area contributed by atoms with E-state index in [-0.39, 0.29) is 12.1 Å². The summed E-state index contributed by atoms with van der Waals surface area (Å²) in [6.45, 7) is 2.37. The fraction of sp³-hybridized carbons (Fsp3) is 0.188. The van der Waals surface area contributed by atoms with Crippen LogP contribution < -0.4 is 16.4 Å². The van der Waals surface area contributed by atoms with Crippen LogP contribution in [0.15, 0.2) is 54.6 Å². The van der Waals surface area contributed by atoms with Gasteiger partial charge in [-0.3, -0.25) is 0 Å². The van der Waals surface area contributed by atoms with Gasteiger partial charge in [0.15, 0.2) is 0 Å². The fourth-order valence-corrected chi connectivity index (χ4v) is 1.92. The molecule has 0 fully saturated rings. The third-order valence-electron chi connectivity index (χ3n) is 2.99. The lowest BCUT2D eigenvalue weighted by atomic mass is 10.1. The number of aryl methyl sites for hydroxylation is 1. The molecule has 0 bridgehead atoms. The Hall–Kier alpha value is -2.33. The van der Waals surface area contributed by atoms with Crippen LogP contribution in [0.25, 0.3) is 0 Å². The van der Waals surface area contributed by atoms with Crippen LogP contribution in [0.1, 0.15) is 17.2 Å². The number of anilines is 1. The standard InChI is InChI=1S/C16H19N3O/c1-12-6-5-9-14(10-12)19-16(20)18-11-15(17)13-7-3-2-4-8-13/h2-10,15H,11,17H2,1H3,(H2,18,19,20). The van der Waals surface area contributed by atoms with Crippen LogP contribution in [0, 0.1) is 6.92 Å². The lowest BCUT2D eigenvalue weighted by Gasteiger charge is -2.14. The monoisotopic (exact) mass is 269 g/mol. The Morgan fingerprint density at radius 3 is 2.60 bits per heavy atom. The molecule has 0 spiro atoms. The van der Waals surface area contributed by atoms with E-state index in [4.69, 9.17) is 5.73 Å². The van der Waals surface area contributed by atoms with Crippen LogP contribution in [0.5, 0.6) is 0 Å². The van der Waals surface area contributed by atoms with E-state index in [0.29, 0.717) is 6.54 Å². The molecule has 0 aliphatic rings. The number of benzene rings is 2. The average Bonchev–Trinajstić information content (AvgIpc) is 2.46. The van der Waals surface area contributed by atoms with Gasteiger partial charge in [-0.05, 0) is 30.2 Å². The molecule has 0 aliphatic carbocycles. The van der Waals surface area contributed by atoms with E-state index in [9.17, 15) is 4.79 Å². The van der Waals surface area contributed by atoms with E-state index in [1.54, 1.807) is 0 Å². The van der Waals surface area contributed by atoms with Gasteiger partial charge in [0.25, 0.3) is 0 Å². The Labute approximate surface area is 119 Å². The van der Waals surface area contributed by atoms with Crippen LogP contribution in [-0.2, 0) is 0 Å². The van der Waals surface area contributed by atoms with Gasteiger partial charge in [0, 0.05) is 18.3 Å². The molecule has 2 rings (SSSR count). The number of carbonyl (C=O) groups is 1. The fourth-order valence-electron chi connectivity index (χ4n) is 1.92. The topological polar surface area (TPSA) is 67.2 Å². The molecule has 0 saturated heterocycles. The second kappa shape index (κ2) is 6.73. The van der Waals surface area contributed by atoms with Crippen molar-refractivity contribution in [1.29, 1.82) is 0 Å². The first-order valence-electron chi connectivity index (χ1n) is 6.57. The number of nitrogens with two attached hydrogens (primary N) is 1. The summed E-state index contributed by atoms with van der Waals surface area (Å²) in [7, 11) is 0. The highest BCUT2D eigenvalue weighted by molar-refractivity contribution is 5.89. The SMILES string of the molecule is Cc1cccc(NC(=O)NCC(N)c2ccccc2)c1. The first kappa shape index (κ1) is 14.1. The maximum atomic E-state index is 11.8. The summed E-state index contributed by atoms with van der Waals surface area (Å²) in [6, 6.07) is 16.9. The number of urea groups is 1. The predicted octanol–water partition coefficient (Wildman–Crippen LogP) is 2.82. The van der Waals surface area contributed by atoms with Crippen molar-refractivity contribution in [1.82, 2.24) is 5.32 Å². The third kappa shape index (κ3) is 4.10. The van der Waals surface area contributed by atoms with Crippen molar-refractivity contribution in [2.75, 3.05) is 11.9 Å². The van der Waals surface area contributed by atoms with Gasteiger partial charge in [0.2, 0.25) is 0 Å². The number of amides is 2. The van der Waals surface area contributed by atoms with Crippen LogP contribution in [0.4, 0.5) is 10.5 Å². The maximum absolute atomic E-state index is 11.8. The van der Waals surface area contributed by atoms with Gasteiger partial charge in [-0.2, -0.15) is 0 Å². The van der Waals surface area contributed by atoms with E-state index in [0.717, 1.165) is 16.8 Å². The van der Waals surface area contributed by atoms with Crippen molar-refractivity contribution < 1.29 is 4.79 Å². The number of nitrogens with one attached hydrogen (secondary N) is 2. The summed E-state index contributed by atoms with van der Waals surface area (Å²) in [5.41, 5.74) is 8.90. The molecule has 2 amide bonds. The Morgan fingerprint density at radius 1 is 1.15 bits per heavy atom. The van der Waals surface area contributed by atoms with E-state index < -0.39 is 0 Å². The Kier molecular flexibility index (Phi) is 4.74.